The van der Waals surface area contributed by atoms with E-state index in [1.54, 1.807) is 11.4 Å². The van der Waals surface area contributed by atoms with E-state index >= 15 is 0 Å². The lowest BCUT2D eigenvalue weighted by molar-refractivity contribution is 0.194. The number of nitrogens with one attached hydrogen (secondary N) is 2. The summed E-state index contributed by atoms with van der Waals surface area (Å²) in [4.78, 5) is 15.7. The Balaban J connectivity index is 1.64. The van der Waals surface area contributed by atoms with Crippen molar-refractivity contribution in [3.05, 3.63) is 34.7 Å². The summed E-state index contributed by atoms with van der Waals surface area (Å²) in [7, 11) is 0. The molecule has 0 atom stereocenters. The van der Waals surface area contributed by atoms with Crippen LogP contribution < -0.4 is 15.6 Å². The van der Waals surface area contributed by atoms with Crippen molar-refractivity contribution in [2.75, 3.05) is 0 Å². The number of benzene rings is 1. The summed E-state index contributed by atoms with van der Waals surface area (Å²) in [6, 6.07) is 7.77. The third-order valence-corrected chi connectivity index (χ3v) is 3.82. The van der Waals surface area contributed by atoms with Gasteiger partial charge in [-0.3, -0.25) is 5.43 Å². The number of rotatable bonds is 4. The molecule has 0 saturated heterocycles. The minimum Gasteiger partial charge on any atom is -0.380 e. The molecule has 1 aliphatic carbocycles. The molecule has 20 heavy (non-hydrogen) atoms. The minimum atomic E-state index is -0.558. The Hall–Kier alpha value is -1.63. The van der Waals surface area contributed by atoms with Crippen molar-refractivity contribution in [3.8, 4) is 16.5 Å². The Bertz CT molecular complexity index is 628. The second-order valence-electron chi connectivity index (χ2n) is 4.41. The van der Waals surface area contributed by atoms with Gasteiger partial charge in [0.15, 0.2) is 0 Å². The van der Waals surface area contributed by atoms with Crippen LogP contribution in [0.5, 0.6) is 5.19 Å². The van der Waals surface area contributed by atoms with Crippen molar-refractivity contribution in [2.24, 2.45) is 0 Å². The number of halogens is 1. The molecule has 3 rings (SSSR count). The Morgan fingerprint density at radius 3 is 2.95 bits per heavy atom. The zero-order chi connectivity index (χ0) is 13.9. The quantitative estimate of drug-likeness (QED) is 0.851. The zero-order valence-electron chi connectivity index (χ0n) is 10.4. The number of amides is 1. The van der Waals surface area contributed by atoms with Crippen LogP contribution in [0.1, 0.15) is 12.8 Å². The minimum absolute atomic E-state index is 0.287. The Morgan fingerprint density at radius 1 is 1.40 bits per heavy atom. The fourth-order valence-corrected chi connectivity index (χ4v) is 2.49. The van der Waals surface area contributed by atoms with Crippen molar-refractivity contribution in [3.63, 3.8) is 0 Å². The van der Waals surface area contributed by atoms with Crippen molar-refractivity contribution in [1.29, 1.82) is 0 Å². The lowest BCUT2D eigenvalue weighted by Gasteiger charge is -2.04. The summed E-state index contributed by atoms with van der Waals surface area (Å²) in [5.41, 5.74) is 6.85. The van der Waals surface area contributed by atoms with Crippen LogP contribution >= 0.6 is 22.9 Å². The van der Waals surface area contributed by atoms with Crippen molar-refractivity contribution < 1.29 is 9.53 Å². The summed E-state index contributed by atoms with van der Waals surface area (Å²) < 4.78 is 5.09. The second kappa shape index (κ2) is 5.78. The van der Waals surface area contributed by atoms with Gasteiger partial charge < -0.3 is 4.74 Å². The molecule has 1 saturated carbocycles. The molecular formula is C13H12ClN3O2S. The predicted molar refractivity (Wildman–Crippen MR) is 77.9 cm³/mol. The third kappa shape index (κ3) is 3.27. The van der Waals surface area contributed by atoms with Gasteiger partial charge in [0.1, 0.15) is 0 Å². The standard InChI is InChI=1S/C13H12ClN3O2S/c14-10-4-2-1-3-9(10)11-7-20-13(15-11)19-12(18)17-16-8-5-6-8/h1-4,7-8,16H,5-6H2,(H,17,18). The highest BCUT2D eigenvalue weighted by Gasteiger charge is 2.21. The van der Waals surface area contributed by atoms with Gasteiger partial charge in [-0.15, -0.1) is 0 Å². The molecule has 1 aromatic carbocycles. The molecule has 1 heterocycles. The fourth-order valence-electron chi connectivity index (χ4n) is 1.59. The van der Waals surface area contributed by atoms with Crippen LogP contribution in [0.25, 0.3) is 11.3 Å². The van der Waals surface area contributed by atoms with E-state index in [1.165, 1.54) is 11.3 Å². The van der Waals surface area contributed by atoms with Gasteiger partial charge in [0.25, 0.3) is 5.19 Å². The van der Waals surface area contributed by atoms with Crippen LogP contribution in [0.2, 0.25) is 5.02 Å². The first kappa shape index (κ1) is 13.4. The first-order valence-corrected chi connectivity index (χ1v) is 7.42. The largest absolute Gasteiger partial charge is 0.429 e. The summed E-state index contributed by atoms with van der Waals surface area (Å²) >= 11 is 7.35. The van der Waals surface area contributed by atoms with E-state index in [4.69, 9.17) is 16.3 Å². The Labute approximate surface area is 124 Å². The van der Waals surface area contributed by atoms with E-state index in [2.05, 4.69) is 15.8 Å². The highest BCUT2D eigenvalue weighted by Crippen LogP contribution is 2.31. The normalized spacial score (nSPS) is 14.1. The molecule has 5 nitrogen and oxygen atoms in total. The molecular weight excluding hydrogens is 298 g/mol. The molecule has 1 aromatic heterocycles. The van der Waals surface area contributed by atoms with Crippen LogP contribution in [0, 0.1) is 0 Å². The molecule has 0 bridgehead atoms. The van der Waals surface area contributed by atoms with Gasteiger partial charge in [0, 0.05) is 22.0 Å². The molecule has 0 spiro atoms. The molecule has 104 valence electrons. The van der Waals surface area contributed by atoms with E-state index in [1.807, 2.05) is 18.2 Å². The monoisotopic (exact) mass is 309 g/mol. The van der Waals surface area contributed by atoms with Gasteiger partial charge in [-0.25, -0.2) is 15.2 Å². The maximum Gasteiger partial charge on any atom is 0.429 e. The number of hydrogen-bond acceptors (Lipinski definition) is 5. The average Bonchev–Trinajstić information content (AvgIpc) is 3.16. The van der Waals surface area contributed by atoms with Crippen LogP contribution in [0.3, 0.4) is 0 Å². The molecule has 1 fully saturated rings. The van der Waals surface area contributed by atoms with Crippen LogP contribution in [-0.4, -0.2) is 17.1 Å². The van der Waals surface area contributed by atoms with Crippen LogP contribution in [-0.2, 0) is 0 Å². The summed E-state index contributed by atoms with van der Waals surface area (Å²) in [5.74, 6) is 0. The number of thiazole rings is 1. The number of carbonyl (C=O) groups excluding carboxylic acids is 1. The zero-order valence-corrected chi connectivity index (χ0v) is 12.0. The summed E-state index contributed by atoms with van der Waals surface area (Å²) in [5, 5.41) is 2.71. The Kier molecular flexibility index (Phi) is 3.86. The van der Waals surface area contributed by atoms with Gasteiger partial charge in [-0.05, 0) is 18.9 Å². The van der Waals surface area contributed by atoms with E-state index < -0.39 is 6.09 Å². The lowest BCUT2D eigenvalue weighted by Crippen LogP contribution is -2.40. The van der Waals surface area contributed by atoms with Crippen LogP contribution in [0.15, 0.2) is 29.6 Å². The van der Waals surface area contributed by atoms with E-state index in [9.17, 15) is 4.79 Å². The maximum atomic E-state index is 11.5. The van der Waals surface area contributed by atoms with E-state index in [0.717, 1.165) is 18.4 Å². The second-order valence-corrected chi connectivity index (χ2v) is 5.64. The molecule has 2 aromatic rings. The number of aromatic nitrogens is 1. The molecule has 1 amide bonds. The molecule has 1 aliphatic rings. The highest BCUT2D eigenvalue weighted by atomic mass is 35.5. The van der Waals surface area contributed by atoms with Crippen molar-refractivity contribution >= 4 is 29.0 Å². The fraction of sp³-hybridized carbons (Fsp3) is 0.231. The molecule has 7 heteroatoms. The number of nitrogens with zero attached hydrogens (tertiary/aromatic N) is 1. The van der Waals surface area contributed by atoms with Gasteiger partial charge in [-0.2, -0.15) is 0 Å². The first-order chi connectivity index (χ1) is 9.72. The van der Waals surface area contributed by atoms with Gasteiger partial charge in [-0.1, -0.05) is 41.1 Å². The van der Waals surface area contributed by atoms with E-state index in [-0.39, 0.29) is 5.19 Å². The van der Waals surface area contributed by atoms with Crippen molar-refractivity contribution in [1.82, 2.24) is 15.8 Å². The molecule has 0 unspecified atom stereocenters. The number of hydrogen-bond donors (Lipinski definition) is 2. The maximum absolute atomic E-state index is 11.5. The number of carbonyl (C=O) groups is 1. The predicted octanol–water partition coefficient (Wildman–Crippen LogP) is 3.22. The lowest BCUT2D eigenvalue weighted by atomic mass is 10.2. The average molecular weight is 310 g/mol. The number of ether oxygens (including phenoxy) is 1. The smallest absolute Gasteiger partial charge is 0.380 e. The first-order valence-electron chi connectivity index (χ1n) is 6.16. The van der Waals surface area contributed by atoms with Gasteiger partial charge in [0.2, 0.25) is 0 Å². The Morgan fingerprint density at radius 2 is 2.20 bits per heavy atom. The summed E-state index contributed by atoms with van der Waals surface area (Å²) in [6.45, 7) is 0. The highest BCUT2D eigenvalue weighted by molar-refractivity contribution is 7.11. The molecule has 0 aliphatic heterocycles. The van der Waals surface area contributed by atoms with Crippen LogP contribution in [0.4, 0.5) is 4.79 Å². The van der Waals surface area contributed by atoms with E-state index in [0.29, 0.717) is 16.8 Å². The summed E-state index contributed by atoms with van der Waals surface area (Å²) in [6.07, 6.45) is 1.60. The molecule has 2 N–H and O–H groups in total. The van der Waals surface area contributed by atoms with Crippen molar-refractivity contribution in [2.45, 2.75) is 18.9 Å². The van der Waals surface area contributed by atoms with Gasteiger partial charge in [0.05, 0.1) is 5.69 Å². The molecule has 0 radical (unpaired) electrons. The third-order valence-electron chi connectivity index (χ3n) is 2.77. The SMILES string of the molecule is O=C(NNC1CC1)Oc1nc(-c2ccccc2Cl)cs1. The number of hydrazine groups is 1. The topological polar surface area (TPSA) is 63.2 Å². The van der Waals surface area contributed by atoms with Gasteiger partial charge >= 0.3 is 6.09 Å².